The number of hydrogen-bond donors (Lipinski definition) is 0. The van der Waals surface area contributed by atoms with Crippen LogP contribution in [0.3, 0.4) is 0 Å². The number of carbonyl (C=O) groups excluding carboxylic acids is 1. The summed E-state index contributed by atoms with van der Waals surface area (Å²) in [5.41, 5.74) is 1.49. The molecule has 1 fully saturated rings. The Kier molecular flexibility index (Phi) is 3.52. The first-order valence-corrected chi connectivity index (χ1v) is 7.16. The van der Waals surface area contributed by atoms with E-state index in [9.17, 15) is 4.79 Å². The third kappa shape index (κ3) is 2.45. The Labute approximate surface area is 125 Å². The van der Waals surface area contributed by atoms with Crippen LogP contribution in [0.15, 0.2) is 60.7 Å². The van der Waals surface area contributed by atoms with Gasteiger partial charge in [0.2, 0.25) is 0 Å². The van der Waals surface area contributed by atoms with Gasteiger partial charge in [-0.3, -0.25) is 0 Å². The molecule has 3 heteroatoms. The van der Waals surface area contributed by atoms with E-state index in [1.807, 2.05) is 74.5 Å². The second kappa shape index (κ2) is 5.34. The summed E-state index contributed by atoms with van der Waals surface area (Å²) < 4.78 is 6.20. The summed E-state index contributed by atoms with van der Waals surface area (Å²) in [7, 11) is 0. The van der Waals surface area contributed by atoms with Crippen molar-refractivity contribution in [2.24, 2.45) is 0 Å². The Morgan fingerprint density at radius 2 is 1.57 bits per heavy atom. The van der Waals surface area contributed by atoms with Gasteiger partial charge in [0, 0.05) is 5.69 Å². The maximum absolute atomic E-state index is 11.7. The van der Waals surface area contributed by atoms with Crippen molar-refractivity contribution in [1.29, 1.82) is 0 Å². The summed E-state index contributed by atoms with van der Waals surface area (Å²) in [5, 5.41) is 0. The molecule has 0 amide bonds. The number of carbonyl (C=O) groups is 1. The average Bonchev–Trinajstić information content (AvgIpc) is 2.80. The van der Waals surface area contributed by atoms with Gasteiger partial charge in [0.1, 0.15) is 24.2 Å². The van der Waals surface area contributed by atoms with Crippen molar-refractivity contribution in [1.82, 2.24) is 0 Å². The number of hydrogen-bond acceptors (Lipinski definition) is 3. The van der Waals surface area contributed by atoms with Gasteiger partial charge in [0.15, 0.2) is 0 Å². The van der Waals surface area contributed by atoms with Crippen molar-refractivity contribution in [3.8, 4) is 0 Å². The van der Waals surface area contributed by atoms with Crippen LogP contribution in [0.4, 0.5) is 5.69 Å². The highest BCUT2D eigenvalue weighted by atomic mass is 16.5. The quantitative estimate of drug-likeness (QED) is 0.806. The number of para-hydroxylation sites is 1. The number of ether oxygens (including phenoxy) is 1. The van der Waals surface area contributed by atoms with E-state index in [0.29, 0.717) is 0 Å². The molecule has 0 spiro atoms. The van der Waals surface area contributed by atoms with Crippen LogP contribution < -0.4 is 4.90 Å². The molecule has 0 saturated carbocycles. The fraction of sp³-hybridized carbons (Fsp3) is 0.278. The predicted octanol–water partition coefficient (Wildman–Crippen LogP) is 3.57. The monoisotopic (exact) mass is 281 g/mol. The van der Waals surface area contributed by atoms with E-state index in [1.54, 1.807) is 0 Å². The van der Waals surface area contributed by atoms with E-state index in [1.165, 1.54) is 0 Å². The molecule has 2 aromatic rings. The van der Waals surface area contributed by atoms with Crippen molar-refractivity contribution in [2.45, 2.75) is 31.7 Å². The number of benzene rings is 2. The number of rotatable bonds is 3. The van der Waals surface area contributed by atoms with Gasteiger partial charge in [-0.05, 0) is 31.5 Å². The predicted molar refractivity (Wildman–Crippen MR) is 83.1 cm³/mol. The molecule has 3 rings (SSSR count). The summed E-state index contributed by atoms with van der Waals surface area (Å²) in [6.07, 6.45) is 0.735. The van der Waals surface area contributed by atoms with Crippen LogP contribution in [0.25, 0.3) is 0 Å². The second-order valence-electron chi connectivity index (χ2n) is 5.73. The van der Waals surface area contributed by atoms with Gasteiger partial charge in [-0.15, -0.1) is 0 Å². The van der Waals surface area contributed by atoms with Crippen LogP contribution in [-0.4, -0.2) is 18.1 Å². The van der Waals surface area contributed by atoms with E-state index in [2.05, 4.69) is 4.90 Å². The second-order valence-corrected chi connectivity index (χ2v) is 5.73. The van der Waals surface area contributed by atoms with Crippen molar-refractivity contribution < 1.29 is 9.53 Å². The molecule has 2 atom stereocenters. The van der Waals surface area contributed by atoms with Gasteiger partial charge in [0.25, 0.3) is 0 Å². The van der Waals surface area contributed by atoms with Crippen molar-refractivity contribution in [3.05, 3.63) is 66.2 Å². The summed E-state index contributed by atoms with van der Waals surface area (Å²) in [4.78, 5) is 13.8. The van der Waals surface area contributed by atoms with Gasteiger partial charge in [-0.2, -0.15) is 0 Å². The lowest BCUT2D eigenvalue weighted by Crippen LogP contribution is -2.44. The molecule has 3 nitrogen and oxygen atoms in total. The summed E-state index contributed by atoms with van der Waals surface area (Å²) in [6, 6.07) is 19.5. The lowest BCUT2D eigenvalue weighted by molar-refractivity contribution is -0.110. The van der Waals surface area contributed by atoms with E-state index in [-0.39, 0.29) is 12.1 Å². The van der Waals surface area contributed by atoms with E-state index < -0.39 is 5.72 Å². The minimum Gasteiger partial charge on any atom is -0.346 e. The molecular weight excluding hydrogens is 262 g/mol. The summed E-state index contributed by atoms with van der Waals surface area (Å²) in [5.74, 6) is 0. The maximum atomic E-state index is 11.7. The van der Waals surface area contributed by atoms with Gasteiger partial charge in [0.05, 0.1) is 0 Å². The zero-order chi connectivity index (χ0) is 14.9. The molecule has 1 saturated heterocycles. The van der Waals surface area contributed by atoms with Crippen LogP contribution >= 0.6 is 0 Å². The largest absolute Gasteiger partial charge is 0.346 e. The normalized spacial score (nSPS) is 24.0. The molecule has 0 aliphatic carbocycles. The molecule has 0 aromatic heterocycles. The summed E-state index contributed by atoms with van der Waals surface area (Å²) >= 11 is 0. The molecule has 21 heavy (non-hydrogen) atoms. The van der Waals surface area contributed by atoms with Crippen molar-refractivity contribution >= 4 is 12.0 Å². The maximum Gasteiger partial charge on any atom is 0.145 e. The third-order valence-electron chi connectivity index (χ3n) is 3.91. The fourth-order valence-electron chi connectivity index (χ4n) is 3.04. The highest BCUT2D eigenvalue weighted by Gasteiger charge is 2.47. The smallest absolute Gasteiger partial charge is 0.145 e. The first-order valence-electron chi connectivity index (χ1n) is 7.16. The molecule has 0 radical (unpaired) electrons. The Balaban J connectivity index is 2.02. The number of aldehydes is 1. The Bertz CT molecular complexity index is 610. The first-order chi connectivity index (χ1) is 10.1. The molecule has 1 aliphatic rings. The van der Waals surface area contributed by atoms with E-state index in [4.69, 9.17) is 4.74 Å². The SMILES string of the molecule is CC1(C)O[C@H](c2ccccc2)[C@@H](C=O)N1c1ccccc1. The van der Waals surface area contributed by atoms with Crippen LogP contribution in [0, 0.1) is 0 Å². The van der Waals surface area contributed by atoms with Crippen LogP contribution in [0.2, 0.25) is 0 Å². The molecule has 1 heterocycles. The fourth-order valence-corrected chi connectivity index (χ4v) is 3.04. The molecule has 0 N–H and O–H groups in total. The minimum absolute atomic E-state index is 0.251. The Morgan fingerprint density at radius 3 is 2.14 bits per heavy atom. The van der Waals surface area contributed by atoms with E-state index in [0.717, 1.165) is 17.5 Å². The minimum atomic E-state index is -0.534. The van der Waals surface area contributed by atoms with Crippen molar-refractivity contribution in [2.75, 3.05) is 4.90 Å². The van der Waals surface area contributed by atoms with Crippen LogP contribution in [0.1, 0.15) is 25.5 Å². The van der Waals surface area contributed by atoms with Gasteiger partial charge in [-0.25, -0.2) is 0 Å². The molecule has 0 unspecified atom stereocenters. The lowest BCUT2D eigenvalue weighted by Gasteiger charge is -2.33. The standard InChI is InChI=1S/C18H19NO2/c1-18(2)19(15-11-7-4-8-12-15)16(13-20)17(21-18)14-9-5-3-6-10-14/h3-13,16-17H,1-2H3/t16-,17-/m1/s1. The molecule has 108 valence electrons. The zero-order valence-corrected chi connectivity index (χ0v) is 12.3. The first kappa shape index (κ1) is 13.8. The lowest BCUT2D eigenvalue weighted by atomic mass is 10.0. The Hall–Kier alpha value is -2.13. The number of nitrogens with zero attached hydrogens (tertiary/aromatic N) is 1. The highest BCUT2D eigenvalue weighted by Crippen LogP contribution is 2.42. The molecular formula is C18H19NO2. The molecule has 2 aromatic carbocycles. The van der Waals surface area contributed by atoms with Gasteiger partial charge < -0.3 is 14.4 Å². The van der Waals surface area contributed by atoms with E-state index >= 15 is 0 Å². The topological polar surface area (TPSA) is 29.5 Å². The summed E-state index contributed by atoms with van der Waals surface area (Å²) in [6.45, 7) is 4.00. The van der Waals surface area contributed by atoms with Crippen molar-refractivity contribution in [3.63, 3.8) is 0 Å². The molecule has 0 bridgehead atoms. The third-order valence-corrected chi connectivity index (χ3v) is 3.91. The Morgan fingerprint density at radius 1 is 1.00 bits per heavy atom. The van der Waals surface area contributed by atoms with Gasteiger partial charge in [-0.1, -0.05) is 48.5 Å². The van der Waals surface area contributed by atoms with Crippen LogP contribution in [-0.2, 0) is 9.53 Å². The number of anilines is 1. The highest BCUT2D eigenvalue weighted by molar-refractivity contribution is 5.70. The average molecular weight is 281 g/mol. The van der Waals surface area contributed by atoms with Gasteiger partial charge >= 0.3 is 0 Å². The zero-order valence-electron chi connectivity index (χ0n) is 12.3. The van der Waals surface area contributed by atoms with Crippen LogP contribution in [0.5, 0.6) is 0 Å². The molecule has 1 aliphatic heterocycles.